The van der Waals surface area contributed by atoms with Crippen molar-refractivity contribution in [3.05, 3.63) is 29.3 Å². The van der Waals surface area contributed by atoms with Crippen molar-refractivity contribution in [2.24, 2.45) is 0 Å². The molecule has 0 unspecified atom stereocenters. The number of thioether (sulfide) groups is 1. The summed E-state index contributed by atoms with van der Waals surface area (Å²) in [5.41, 5.74) is -8.10. The minimum Gasteiger partial charge on any atom is -0.478 e. The van der Waals surface area contributed by atoms with Crippen LogP contribution in [0.25, 0.3) is 0 Å². The fourth-order valence-electron chi connectivity index (χ4n) is 1.95. The summed E-state index contributed by atoms with van der Waals surface area (Å²) in [6, 6.07) is 2.69. The highest BCUT2D eigenvalue weighted by atomic mass is 32.2. The topological polar surface area (TPSA) is 110 Å². The summed E-state index contributed by atoms with van der Waals surface area (Å²) in [7, 11) is -6.08. The molecule has 7 nitrogen and oxygen atoms in total. The number of carboxylic acid groups (broad SMARTS) is 1. The fourth-order valence-corrected chi connectivity index (χ4v) is 3.21. The van der Waals surface area contributed by atoms with Crippen molar-refractivity contribution in [1.82, 2.24) is 5.32 Å². The lowest BCUT2D eigenvalue weighted by molar-refractivity contribution is -0.0500. The second-order valence-corrected chi connectivity index (χ2v) is 8.14. The van der Waals surface area contributed by atoms with Crippen LogP contribution in [0.4, 0.5) is 13.2 Å². The second kappa shape index (κ2) is 7.74. The normalized spacial score (nSPS) is 12.5. The predicted molar refractivity (Wildman–Crippen MR) is 88.9 cm³/mol. The monoisotopic (exact) mass is 415 g/mol. The summed E-state index contributed by atoms with van der Waals surface area (Å²) in [6.45, 7) is 3.22. The first kappa shape index (κ1) is 22.1. The summed E-state index contributed by atoms with van der Waals surface area (Å²) in [5, 5.41) is 11.6. The Labute approximate surface area is 152 Å². The van der Waals surface area contributed by atoms with Gasteiger partial charge < -0.3 is 14.6 Å². The van der Waals surface area contributed by atoms with E-state index in [0.717, 1.165) is 18.2 Å². The van der Waals surface area contributed by atoms with Crippen LogP contribution < -0.4 is 9.50 Å². The number of rotatable bonds is 7. The quantitative estimate of drug-likeness (QED) is 0.520. The van der Waals surface area contributed by atoms with Crippen LogP contribution in [0.2, 0.25) is 0 Å². The maximum atomic E-state index is 12.5. The Bertz CT molecular complexity index is 805. The van der Waals surface area contributed by atoms with Crippen molar-refractivity contribution in [3.63, 3.8) is 0 Å². The third kappa shape index (κ3) is 5.27. The first-order valence-corrected chi connectivity index (χ1v) is 9.70. The van der Waals surface area contributed by atoms with Gasteiger partial charge in [0, 0.05) is 11.3 Å². The van der Waals surface area contributed by atoms with Gasteiger partial charge in [-0.25, -0.2) is 4.79 Å². The summed E-state index contributed by atoms with van der Waals surface area (Å²) >= 11 is 1.37. The zero-order valence-electron chi connectivity index (χ0n) is 13.9. The standard InChI is InChI=1S/C14H16F3NO6S2/c1-13(2,7-25-3)18-11(19)10-8(12(20)21)5-4-6-9(10)24-26(22,23)14(15,16)17/h4-6H,7H2,1-3H3,(H,18,19)(H,20,21). The molecule has 0 aliphatic carbocycles. The van der Waals surface area contributed by atoms with Gasteiger partial charge >= 0.3 is 21.6 Å². The molecule has 2 N–H and O–H groups in total. The van der Waals surface area contributed by atoms with Gasteiger partial charge in [-0.1, -0.05) is 6.07 Å². The molecule has 12 heteroatoms. The zero-order chi connectivity index (χ0) is 20.3. The van der Waals surface area contributed by atoms with Gasteiger partial charge in [0.2, 0.25) is 0 Å². The Morgan fingerprint density at radius 1 is 1.27 bits per heavy atom. The van der Waals surface area contributed by atoms with E-state index in [0.29, 0.717) is 5.75 Å². The van der Waals surface area contributed by atoms with Crippen LogP contribution in [0.5, 0.6) is 5.75 Å². The molecule has 1 rings (SSSR count). The number of halogens is 3. The van der Waals surface area contributed by atoms with Gasteiger partial charge in [0.05, 0.1) is 11.1 Å². The van der Waals surface area contributed by atoms with Crippen molar-refractivity contribution in [2.75, 3.05) is 12.0 Å². The number of carbonyl (C=O) groups is 2. The third-order valence-electron chi connectivity index (χ3n) is 2.92. The Kier molecular flexibility index (Phi) is 6.58. The molecule has 0 bridgehead atoms. The number of benzene rings is 1. The Morgan fingerprint density at radius 3 is 2.31 bits per heavy atom. The molecule has 0 aliphatic rings. The van der Waals surface area contributed by atoms with Crippen LogP contribution in [-0.2, 0) is 10.1 Å². The lowest BCUT2D eigenvalue weighted by atomic mass is 10.0. The molecule has 1 aromatic carbocycles. The van der Waals surface area contributed by atoms with Crippen LogP contribution in [-0.4, -0.2) is 48.5 Å². The highest BCUT2D eigenvalue weighted by molar-refractivity contribution is 7.98. The van der Waals surface area contributed by atoms with E-state index in [-0.39, 0.29) is 0 Å². The smallest absolute Gasteiger partial charge is 0.478 e. The van der Waals surface area contributed by atoms with Gasteiger partial charge in [0.25, 0.3) is 5.91 Å². The maximum absolute atomic E-state index is 12.5. The molecular formula is C14H16F3NO6S2. The Balaban J connectivity index is 3.45. The summed E-state index contributed by atoms with van der Waals surface area (Å²) < 4.78 is 64.1. The molecule has 26 heavy (non-hydrogen) atoms. The van der Waals surface area contributed by atoms with Gasteiger partial charge in [-0.15, -0.1) is 0 Å². The van der Waals surface area contributed by atoms with Crippen molar-refractivity contribution in [2.45, 2.75) is 24.9 Å². The number of carboxylic acids is 1. The molecule has 0 aliphatic heterocycles. The van der Waals surface area contributed by atoms with E-state index in [4.69, 9.17) is 0 Å². The van der Waals surface area contributed by atoms with Gasteiger partial charge in [-0.3, -0.25) is 4.79 Å². The van der Waals surface area contributed by atoms with Crippen LogP contribution >= 0.6 is 11.8 Å². The molecule has 0 aromatic heterocycles. The number of hydrogen-bond donors (Lipinski definition) is 2. The number of amides is 1. The molecule has 0 radical (unpaired) electrons. The van der Waals surface area contributed by atoms with Gasteiger partial charge in [0.15, 0.2) is 5.75 Å². The van der Waals surface area contributed by atoms with Crippen molar-refractivity contribution in [1.29, 1.82) is 0 Å². The van der Waals surface area contributed by atoms with Crippen LogP contribution in [0, 0.1) is 0 Å². The first-order valence-electron chi connectivity index (χ1n) is 6.90. The highest BCUT2D eigenvalue weighted by Crippen LogP contribution is 2.31. The Morgan fingerprint density at radius 2 is 1.85 bits per heavy atom. The maximum Gasteiger partial charge on any atom is 0.534 e. The predicted octanol–water partition coefficient (Wildman–Crippen LogP) is 2.48. The fraction of sp³-hybridized carbons (Fsp3) is 0.429. The number of nitrogens with one attached hydrogen (secondary N) is 1. The minimum atomic E-state index is -6.08. The van der Waals surface area contributed by atoms with Crippen LogP contribution in [0.1, 0.15) is 34.6 Å². The molecule has 0 saturated heterocycles. The van der Waals surface area contributed by atoms with E-state index in [1.54, 1.807) is 20.1 Å². The molecule has 1 aromatic rings. The van der Waals surface area contributed by atoms with E-state index in [1.165, 1.54) is 11.8 Å². The second-order valence-electron chi connectivity index (χ2n) is 5.74. The highest BCUT2D eigenvalue weighted by Gasteiger charge is 2.49. The van der Waals surface area contributed by atoms with Gasteiger partial charge in [0.1, 0.15) is 0 Å². The van der Waals surface area contributed by atoms with Crippen molar-refractivity contribution >= 4 is 33.8 Å². The van der Waals surface area contributed by atoms with E-state index >= 15 is 0 Å². The van der Waals surface area contributed by atoms with Gasteiger partial charge in [-0.05, 0) is 32.2 Å². The van der Waals surface area contributed by atoms with E-state index in [1.807, 2.05) is 0 Å². The summed E-state index contributed by atoms with van der Waals surface area (Å²) in [4.78, 5) is 23.8. The summed E-state index contributed by atoms with van der Waals surface area (Å²) in [6.07, 6.45) is 1.75. The first-order chi connectivity index (χ1) is 11.7. The average Bonchev–Trinajstić information content (AvgIpc) is 2.44. The largest absolute Gasteiger partial charge is 0.534 e. The van der Waals surface area contributed by atoms with E-state index < -0.39 is 49.9 Å². The minimum absolute atomic E-state index is 0.408. The zero-order valence-corrected chi connectivity index (χ0v) is 15.5. The van der Waals surface area contributed by atoms with E-state index in [2.05, 4.69) is 9.50 Å². The molecule has 0 saturated carbocycles. The lowest BCUT2D eigenvalue weighted by Gasteiger charge is -2.26. The number of alkyl halides is 3. The summed E-state index contributed by atoms with van der Waals surface area (Å²) in [5.74, 6) is -3.33. The van der Waals surface area contributed by atoms with Crippen LogP contribution in [0.15, 0.2) is 18.2 Å². The molecule has 0 heterocycles. The lowest BCUT2D eigenvalue weighted by Crippen LogP contribution is -2.46. The number of aromatic carboxylic acids is 1. The SMILES string of the molecule is CSCC(C)(C)NC(=O)c1c(OS(=O)(=O)C(F)(F)F)cccc1C(=O)O. The average molecular weight is 415 g/mol. The molecule has 0 atom stereocenters. The molecule has 0 spiro atoms. The van der Waals surface area contributed by atoms with E-state index in [9.17, 15) is 36.3 Å². The van der Waals surface area contributed by atoms with Crippen molar-refractivity contribution in [3.8, 4) is 5.75 Å². The molecule has 146 valence electrons. The third-order valence-corrected chi connectivity index (χ3v) is 4.90. The van der Waals surface area contributed by atoms with Gasteiger partial charge in [-0.2, -0.15) is 33.4 Å². The molecular weight excluding hydrogens is 399 g/mol. The Hall–Kier alpha value is -1.95. The number of hydrogen-bond acceptors (Lipinski definition) is 6. The molecule has 0 fully saturated rings. The van der Waals surface area contributed by atoms with Crippen molar-refractivity contribution < 1.29 is 40.5 Å². The number of carbonyl (C=O) groups excluding carboxylic acids is 1. The molecule has 1 amide bonds. The van der Waals surface area contributed by atoms with Crippen LogP contribution in [0.3, 0.4) is 0 Å².